The third-order valence-electron chi connectivity index (χ3n) is 2.84. The van der Waals surface area contributed by atoms with E-state index in [4.69, 9.17) is 5.11 Å². The molecule has 2 N–H and O–H groups in total. The molecule has 0 atom stereocenters. The molecule has 0 aromatic rings. The van der Waals surface area contributed by atoms with Crippen LogP contribution in [0, 0.1) is 5.92 Å². The monoisotopic (exact) mass is 278 g/mol. The molecule has 18 heavy (non-hydrogen) atoms. The first-order valence-corrected chi connectivity index (χ1v) is 7.61. The fourth-order valence-electron chi connectivity index (χ4n) is 1.68. The fourth-order valence-corrected chi connectivity index (χ4v) is 2.38. The van der Waals surface area contributed by atoms with Crippen molar-refractivity contribution in [3.63, 3.8) is 0 Å². The molecule has 1 heterocycles. The summed E-state index contributed by atoms with van der Waals surface area (Å²) in [5, 5.41) is 11.1. The highest BCUT2D eigenvalue weighted by Crippen LogP contribution is 2.18. The minimum absolute atomic E-state index is 0.00706. The largest absolute Gasteiger partial charge is 0.481 e. The van der Waals surface area contributed by atoms with Gasteiger partial charge in [0, 0.05) is 31.3 Å². The average Bonchev–Trinajstić information content (AvgIpc) is 2.22. The molecule has 0 aromatic carbocycles. The van der Waals surface area contributed by atoms with Gasteiger partial charge in [-0.1, -0.05) is 6.92 Å². The number of carboxylic acids is 1. The summed E-state index contributed by atoms with van der Waals surface area (Å²) in [4.78, 5) is 23.4. The highest BCUT2D eigenvalue weighted by molar-refractivity contribution is 7.91. The molecule has 8 heteroatoms. The average molecular weight is 278 g/mol. The molecule has 0 aliphatic carbocycles. The lowest BCUT2D eigenvalue weighted by atomic mass is 9.97. The molecule has 0 radical (unpaired) electrons. The Bertz CT molecular complexity index is 414. The van der Waals surface area contributed by atoms with Crippen LogP contribution in [0.1, 0.15) is 13.3 Å². The number of hydrogen-bond donors (Lipinski definition) is 2. The van der Waals surface area contributed by atoms with Gasteiger partial charge in [-0.15, -0.1) is 0 Å². The molecule has 7 nitrogen and oxygen atoms in total. The fraction of sp³-hybridized carbons (Fsp3) is 0.800. The molecule has 1 aliphatic heterocycles. The van der Waals surface area contributed by atoms with E-state index in [2.05, 4.69) is 5.32 Å². The van der Waals surface area contributed by atoms with Gasteiger partial charge in [0.2, 0.25) is 0 Å². The van der Waals surface area contributed by atoms with Gasteiger partial charge in [-0.25, -0.2) is 13.2 Å². The zero-order valence-corrected chi connectivity index (χ0v) is 11.1. The van der Waals surface area contributed by atoms with Crippen molar-refractivity contribution in [2.24, 2.45) is 5.92 Å². The van der Waals surface area contributed by atoms with Gasteiger partial charge in [-0.2, -0.15) is 0 Å². The van der Waals surface area contributed by atoms with Crippen molar-refractivity contribution in [1.29, 1.82) is 0 Å². The standard InChI is InChI=1S/C10H18N2O5S/c1-2-18(16,17)4-3-11-10(15)12-6-8(7-12)5-9(13)14/h8H,2-7H2,1H3,(H,11,15)(H,13,14). The Morgan fingerprint density at radius 1 is 1.39 bits per heavy atom. The Balaban J connectivity index is 2.18. The summed E-state index contributed by atoms with van der Waals surface area (Å²) in [7, 11) is -3.07. The van der Waals surface area contributed by atoms with Crippen LogP contribution in [0.15, 0.2) is 0 Å². The van der Waals surface area contributed by atoms with E-state index >= 15 is 0 Å². The Morgan fingerprint density at radius 2 is 2.00 bits per heavy atom. The normalized spacial score (nSPS) is 16.2. The molecular weight excluding hydrogens is 260 g/mol. The highest BCUT2D eigenvalue weighted by atomic mass is 32.2. The number of urea groups is 1. The third-order valence-corrected chi connectivity index (χ3v) is 4.54. The van der Waals surface area contributed by atoms with Crippen LogP contribution in [0.25, 0.3) is 0 Å². The first-order chi connectivity index (χ1) is 8.34. The van der Waals surface area contributed by atoms with Crippen LogP contribution < -0.4 is 5.32 Å². The molecule has 104 valence electrons. The lowest BCUT2D eigenvalue weighted by molar-refractivity contribution is -0.139. The SMILES string of the molecule is CCS(=O)(=O)CCNC(=O)N1CC(CC(=O)O)C1. The van der Waals surface area contributed by atoms with Gasteiger partial charge < -0.3 is 15.3 Å². The number of carbonyl (C=O) groups excluding carboxylic acids is 1. The second-order valence-corrected chi connectivity index (χ2v) is 6.81. The maximum absolute atomic E-state index is 11.5. The van der Waals surface area contributed by atoms with Crippen LogP contribution in [0.2, 0.25) is 0 Å². The Kier molecular flexibility index (Phi) is 4.94. The molecule has 1 rings (SSSR count). The van der Waals surface area contributed by atoms with Crippen molar-refractivity contribution in [1.82, 2.24) is 10.2 Å². The number of sulfone groups is 1. The van der Waals surface area contributed by atoms with Crippen LogP contribution in [-0.2, 0) is 14.6 Å². The molecule has 1 fully saturated rings. The van der Waals surface area contributed by atoms with E-state index < -0.39 is 15.8 Å². The molecule has 1 aliphatic rings. The summed E-state index contributed by atoms with van der Waals surface area (Å²) in [6.45, 7) is 2.48. The summed E-state index contributed by atoms with van der Waals surface area (Å²) >= 11 is 0. The number of aliphatic carboxylic acids is 1. The van der Waals surface area contributed by atoms with Crippen molar-refractivity contribution >= 4 is 21.8 Å². The topological polar surface area (TPSA) is 104 Å². The first-order valence-electron chi connectivity index (χ1n) is 5.79. The maximum atomic E-state index is 11.5. The quantitative estimate of drug-likeness (QED) is 0.684. The number of nitrogens with zero attached hydrogens (tertiary/aromatic N) is 1. The molecular formula is C10H18N2O5S. The number of carboxylic acid groups (broad SMARTS) is 1. The van der Waals surface area contributed by atoms with Crippen molar-refractivity contribution in [2.75, 3.05) is 31.1 Å². The van der Waals surface area contributed by atoms with E-state index in [0.717, 1.165) is 0 Å². The molecule has 1 saturated heterocycles. The molecule has 0 bridgehead atoms. The molecule has 2 amide bonds. The third kappa shape index (κ3) is 4.52. The van der Waals surface area contributed by atoms with Crippen LogP contribution in [0.4, 0.5) is 4.79 Å². The number of likely N-dealkylation sites (tertiary alicyclic amines) is 1. The van der Waals surface area contributed by atoms with E-state index in [9.17, 15) is 18.0 Å². The van der Waals surface area contributed by atoms with Crippen molar-refractivity contribution in [3.8, 4) is 0 Å². The number of nitrogens with one attached hydrogen (secondary N) is 1. The molecule has 0 unspecified atom stereocenters. The van der Waals surface area contributed by atoms with Crippen LogP contribution in [-0.4, -0.2) is 61.6 Å². The zero-order valence-electron chi connectivity index (χ0n) is 10.3. The molecule has 0 saturated carbocycles. The van der Waals surface area contributed by atoms with E-state index in [1.807, 2.05) is 0 Å². The maximum Gasteiger partial charge on any atom is 0.317 e. The molecule has 0 spiro atoms. The van der Waals surface area contributed by atoms with Crippen LogP contribution in [0.5, 0.6) is 0 Å². The van der Waals surface area contributed by atoms with Gasteiger partial charge in [0.05, 0.1) is 12.2 Å². The van der Waals surface area contributed by atoms with Crippen molar-refractivity contribution in [3.05, 3.63) is 0 Å². The zero-order chi connectivity index (χ0) is 13.8. The lowest BCUT2D eigenvalue weighted by Crippen LogP contribution is -2.54. The summed E-state index contributed by atoms with van der Waals surface area (Å²) in [6.07, 6.45) is 0.0635. The number of carbonyl (C=O) groups is 2. The summed E-state index contributed by atoms with van der Waals surface area (Å²) in [5.74, 6) is -0.865. The van der Waals surface area contributed by atoms with E-state index in [1.165, 1.54) is 4.90 Å². The van der Waals surface area contributed by atoms with Gasteiger partial charge in [0.25, 0.3) is 0 Å². The van der Waals surface area contributed by atoms with Gasteiger partial charge in [-0.05, 0) is 0 Å². The van der Waals surface area contributed by atoms with E-state index in [0.29, 0.717) is 13.1 Å². The smallest absolute Gasteiger partial charge is 0.317 e. The number of rotatable bonds is 6. The Hall–Kier alpha value is -1.31. The number of amides is 2. The number of hydrogen-bond acceptors (Lipinski definition) is 4. The van der Waals surface area contributed by atoms with E-state index in [-0.39, 0.29) is 36.4 Å². The van der Waals surface area contributed by atoms with Gasteiger partial charge in [0.1, 0.15) is 0 Å². The Morgan fingerprint density at radius 3 is 2.50 bits per heavy atom. The van der Waals surface area contributed by atoms with Gasteiger partial charge >= 0.3 is 12.0 Å². The lowest BCUT2D eigenvalue weighted by Gasteiger charge is -2.38. The Labute approximate surface area is 106 Å². The summed E-state index contributed by atoms with van der Waals surface area (Å²) in [6, 6.07) is -0.331. The minimum Gasteiger partial charge on any atom is -0.481 e. The van der Waals surface area contributed by atoms with Gasteiger partial charge in [-0.3, -0.25) is 4.79 Å². The summed E-state index contributed by atoms with van der Waals surface area (Å²) in [5.41, 5.74) is 0. The van der Waals surface area contributed by atoms with Crippen molar-refractivity contribution < 1.29 is 23.1 Å². The van der Waals surface area contributed by atoms with Crippen molar-refractivity contribution in [2.45, 2.75) is 13.3 Å². The first kappa shape index (κ1) is 14.7. The van der Waals surface area contributed by atoms with Crippen LogP contribution in [0.3, 0.4) is 0 Å². The van der Waals surface area contributed by atoms with Crippen LogP contribution >= 0.6 is 0 Å². The second kappa shape index (κ2) is 6.03. The highest BCUT2D eigenvalue weighted by Gasteiger charge is 2.31. The predicted molar refractivity (Wildman–Crippen MR) is 65.0 cm³/mol. The van der Waals surface area contributed by atoms with E-state index in [1.54, 1.807) is 6.92 Å². The predicted octanol–water partition coefficient (Wildman–Crippen LogP) is -0.463. The molecule has 0 aromatic heterocycles. The second-order valence-electron chi connectivity index (χ2n) is 4.34. The summed E-state index contributed by atoms with van der Waals surface area (Å²) < 4.78 is 22.4. The minimum atomic E-state index is -3.07. The van der Waals surface area contributed by atoms with Gasteiger partial charge in [0.15, 0.2) is 9.84 Å².